The lowest BCUT2D eigenvalue weighted by atomic mass is 9.94. The Morgan fingerprint density at radius 3 is 2.46 bits per heavy atom. The molecule has 1 aromatic heterocycles. The first kappa shape index (κ1) is 17.8. The molecule has 0 radical (unpaired) electrons. The number of rotatable bonds is 4. The number of ketones is 1. The molecule has 0 fully saturated rings. The molecule has 1 N–H and O–H groups in total. The second-order valence-corrected chi connectivity index (χ2v) is 6.40. The Labute approximate surface area is 148 Å². The van der Waals surface area contributed by atoms with Crippen LogP contribution in [0.25, 0.3) is 0 Å². The molecule has 5 nitrogen and oxygen atoms in total. The number of Topliss-reactive ketones (excluding diaryl/α,β-unsaturated/α-hetero) is 1. The van der Waals surface area contributed by atoms with Crippen molar-refractivity contribution < 1.29 is 27.9 Å². The number of anilines is 1. The molecule has 136 valence electrons. The van der Waals surface area contributed by atoms with Gasteiger partial charge in [-0.3, -0.25) is 14.5 Å². The number of hydrogen-bond acceptors (Lipinski definition) is 4. The summed E-state index contributed by atoms with van der Waals surface area (Å²) in [6, 6.07) is 4.76. The van der Waals surface area contributed by atoms with Gasteiger partial charge in [-0.2, -0.15) is 0 Å². The second kappa shape index (κ2) is 6.40. The van der Waals surface area contributed by atoms with E-state index in [1.165, 1.54) is 0 Å². The van der Waals surface area contributed by atoms with Crippen molar-refractivity contribution in [3.05, 3.63) is 64.8 Å². The lowest BCUT2D eigenvalue weighted by Gasteiger charge is -2.25. The van der Waals surface area contributed by atoms with Crippen molar-refractivity contribution in [3.8, 4) is 0 Å². The first-order valence-corrected chi connectivity index (χ1v) is 8.04. The summed E-state index contributed by atoms with van der Waals surface area (Å²) in [6.07, 6.45) is 0. The summed E-state index contributed by atoms with van der Waals surface area (Å²) in [5, 5.41) is 10.3. The lowest BCUT2D eigenvalue weighted by molar-refractivity contribution is -0.119. The van der Waals surface area contributed by atoms with Crippen LogP contribution in [-0.4, -0.2) is 16.8 Å². The number of furan rings is 1. The Morgan fingerprint density at radius 1 is 1.23 bits per heavy atom. The summed E-state index contributed by atoms with van der Waals surface area (Å²) in [6.45, 7) is 4.92. The fraction of sp³-hybridized carbons (Fsp3) is 0.263. The van der Waals surface area contributed by atoms with Gasteiger partial charge in [0.1, 0.15) is 29.2 Å². The van der Waals surface area contributed by atoms with Gasteiger partial charge in [-0.05, 0) is 31.2 Å². The van der Waals surface area contributed by atoms with Crippen molar-refractivity contribution in [1.29, 1.82) is 0 Å². The number of carbonyl (C=O) groups is 2. The average Bonchev–Trinajstić information content (AvgIpc) is 3.10. The zero-order valence-electron chi connectivity index (χ0n) is 14.4. The molecule has 3 rings (SSSR count). The van der Waals surface area contributed by atoms with Crippen molar-refractivity contribution >= 4 is 17.4 Å². The Morgan fingerprint density at radius 2 is 1.92 bits per heavy atom. The minimum Gasteiger partial charge on any atom is -0.503 e. The predicted molar refractivity (Wildman–Crippen MR) is 89.5 cm³/mol. The van der Waals surface area contributed by atoms with Crippen molar-refractivity contribution in [2.75, 3.05) is 4.90 Å². The molecule has 1 atom stereocenters. The van der Waals surface area contributed by atoms with Gasteiger partial charge >= 0.3 is 0 Å². The van der Waals surface area contributed by atoms with E-state index >= 15 is 0 Å². The molecular formula is C19H17F2NO4. The van der Waals surface area contributed by atoms with Gasteiger partial charge in [-0.25, -0.2) is 8.78 Å². The number of halogens is 2. The van der Waals surface area contributed by atoms with Crippen molar-refractivity contribution in [2.45, 2.75) is 26.8 Å². The van der Waals surface area contributed by atoms with Gasteiger partial charge in [0.15, 0.2) is 11.5 Å². The van der Waals surface area contributed by atoms with Crippen LogP contribution in [0.4, 0.5) is 14.5 Å². The molecular weight excluding hydrogens is 344 g/mol. The fourth-order valence-corrected chi connectivity index (χ4v) is 2.96. The topological polar surface area (TPSA) is 70.8 Å². The molecule has 1 aliphatic heterocycles. The minimum absolute atomic E-state index is 0.164. The van der Waals surface area contributed by atoms with E-state index in [0.29, 0.717) is 11.8 Å². The summed E-state index contributed by atoms with van der Waals surface area (Å²) in [4.78, 5) is 26.2. The third-order valence-electron chi connectivity index (χ3n) is 4.20. The highest BCUT2D eigenvalue weighted by Gasteiger charge is 2.47. The number of benzene rings is 1. The molecule has 1 aliphatic rings. The predicted octanol–water partition coefficient (Wildman–Crippen LogP) is 3.99. The first-order chi connectivity index (χ1) is 12.2. The van der Waals surface area contributed by atoms with Crippen molar-refractivity contribution in [3.63, 3.8) is 0 Å². The molecule has 2 aromatic rings. The average molecular weight is 361 g/mol. The normalized spacial score (nSPS) is 17.5. The van der Waals surface area contributed by atoms with Crippen LogP contribution in [0.3, 0.4) is 0 Å². The summed E-state index contributed by atoms with van der Waals surface area (Å²) in [7, 11) is 0. The van der Waals surface area contributed by atoms with Crippen LogP contribution < -0.4 is 4.90 Å². The Hall–Kier alpha value is -2.96. The molecule has 26 heavy (non-hydrogen) atoms. The maximum Gasteiger partial charge on any atom is 0.294 e. The van der Waals surface area contributed by atoms with Crippen LogP contribution in [0.2, 0.25) is 0 Å². The third kappa shape index (κ3) is 2.79. The molecule has 1 amide bonds. The molecule has 2 heterocycles. The fourth-order valence-electron chi connectivity index (χ4n) is 2.96. The number of nitrogens with zero attached hydrogens (tertiary/aromatic N) is 1. The number of aliphatic hydroxyl groups is 1. The molecule has 1 aromatic carbocycles. The van der Waals surface area contributed by atoms with Crippen LogP contribution in [0.1, 0.15) is 31.4 Å². The molecule has 0 bridgehead atoms. The zero-order valence-corrected chi connectivity index (χ0v) is 14.4. The Balaban J connectivity index is 2.21. The Kier molecular flexibility index (Phi) is 4.39. The van der Waals surface area contributed by atoms with Gasteiger partial charge in [0.2, 0.25) is 0 Å². The van der Waals surface area contributed by atoms with E-state index in [1.54, 1.807) is 32.9 Å². The van der Waals surface area contributed by atoms with Crippen molar-refractivity contribution in [1.82, 2.24) is 0 Å². The molecule has 0 saturated carbocycles. The monoisotopic (exact) mass is 361 g/mol. The van der Waals surface area contributed by atoms with Gasteiger partial charge in [0, 0.05) is 12.0 Å². The van der Waals surface area contributed by atoms with Crippen LogP contribution in [-0.2, 0) is 9.59 Å². The van der Waals surface area contributed by atoms with E-state index in [4.69, 9.17) is 4.42 Å². The minimum atomic E-state index is -1.13. The van der Waals surface area contributed by atoms with Gasteiger partial charge < -0.3 is 9.52 Å². The van der Waals surface area contributed by atoms with Crippen LogP contribution in [0, 0.1) is 24.5 Å². The van der Waals surface area contributed by atoms with E-state index in [9.17, 15) is 23.5 Å². The number of amides is 1. The van der Waals surface area contributed by atoms with E-state index in [2.05, 4.69) is 0 Å². The van der Waals surface area contributed by atoms with Crippen LogP contribution >= 0.6 is 0 Å². The molecule has 0 aliphatic carbocycles. The highest BCUT2D eigenvalue weighted by atomic mass is 19.1. The molecule has 1 unspecified atom stereocenters. The number of carbonyl (C=O) groups excluding carboxylic acids is 2. The standard InChI is InChI=1S/C19H17F2NO4/c1-9(2)17(23)15-16(14-7-4-10(3)26-14)22(19(25)18(15)24)13-6-5-11(20)8-12(13)21/h4-9,16,24H,1-3H3. The first-order valence-electron chi connectivity index (χ1n) is 8.04. The van der Waals surface area contributed by atoms with Gasteiger partial charge in [-0.1, -0.05) is 13.8 Å². The van der Waals surface area contributed by atoms with Crippen LogP contribution in [0.15, 0.2) is 46.1 Å². The second-order valence-electron chi connectivity index (χ2n) is 6.40. The molecule has 0 saturated heterocycles. The van der Waals surface area contributed by atoms with Crippen LogP contribution in [0.5, 0.6) is 0 Å². The van der Waals surface area contributed by atoms with E-state index in [0.717, 1.165) is 17.0 Å². The number of aryl methyl sites for hydroxylation is 1. The molecule has 7 heteroatoms. The van der Waals surface area contributed by atoms with E-state index < -0.39 is 41.0 Å². The van der Waals surface area contributed by atoms with Gasteiger partial charge in [0.05, 0.1) is 11.3 Å². The molecule has 0 spiro atoms. The van der Waals surface area contributed by atoms with E-state index in [1.807, 2.05) is 0 Å². The number of aliphatic hydroxyl groups excluding tert-OH is 1. The summed E-state index contributed by atoms with van der Waals surface area (Å²) >= 11 is 0. The van der Waals surface area contributed by atoms with Gasteiger partial charge in [-0.15, -0.1) is 0 Å². The Bertz CT molecular complexity index is 929. The van der Waals surface area contributed by atoms with E-state index in [-0.39, 0.29) is 17.0 Å². The summed E-state index contributed by atoms with van der Waals surface area (Å²) in [5.74, 6) is -3.74. The number of hydrogen-bond donors (Lipinski definition) is 1. The quantitative estimate of drug-likeness (QED) is 0.894. The summed E-state index contributed by atoms with van der Waals surface area (Å²) in [5.41, 5.74) is -0.420. The summed E-state index contributed by atoms with van der Waals surface area (Å²) < 4.78 is 33.2. The highest BCUT2D eigenvalue weighted by Crippen LogP contribution is 2.43. The zero-order chi connectivity index (χ0) is 19.2. The smallest absolute Gasteiger partial charge is 0.294 e. The highest BCUT2D eigenvalue weighted by molar-refractivity contribution is 6.16. The maximum absolute atomic E-state index is 14.3. The maximum atomic E-state index is 14.3. The SMILES string of the molecule is Cc1ccc(C2C(C(=O)C(C)C)=C(O)C(=O)N2c2ccc(F)cc2F)o1. The lowest BCUT2D eigenvalue weighted by Crippen LogP contribution is -2.32. The van der Waals surface area contributed by atoms with Crippen molar-refractivity contribution in [2.24, 2.45) is 5.92 Å². The van der Waals surface area contributed by atoms with Gasteiger partial charge in [0.25, 0.3) is 5.91 Å². The third-order valence-corrected chi connectivity index (χ3v) is 4.20. The largest absolute Gasteiger partial charge is 0.503 e.